The number of rotatable bonds is 13. The highest BCUT2D eigenvalue weighted by molar-refractivity contribution is 4.80. The molecule has 0 aromatic rings. The minimum atomic E-state index is 0.488. The Balaban J connectivity index is 4.23. The van der Waals surface area contributed by atoms with E-state index in [1.54, 1.807) is 0 Å². The third kappa shape index (κ3) is 9.45. The summed E-state index contributed by atoms with van der Waals surface area (Å²) in [7, 11) is 0. The molecule has 1 atom stereocenters. The van der Waals surface area contributed by atoms with Gasteiger partial charge < -0.3 is 10.1 Å². The summed E-state index contributed by atoms with van der Waals surface area (Å²) in [6.07, 6.45) is 7.80. The molecule has 0 aliphatic rings. The van der Waals surface area contributed by atoms with Gasteiger partial charge in [-0.1, -0.05) is 40.5 Å². The predicted molar refractivity (Wildman–Crippen MR) is 85.7 cm³/mol. The highest BCUT2D eigenvalue weighted by Gasteiger charge is 2.26. The number of hydrogen-bond donors (Lipinski definition) is 1. The molecule has 1 N–H and O–H groups in total. The summed E-state index contributed by atoms with van der Waals surface area (Å²) in [5, 5.41) is 3.69. The van der Waals surface area contributed by atoms with Crippen LogP contribution in [-0.4, -0.2) is 26.3 Å². The van der Waals surface area contributed by atoms with E-state index < -0.39 is 0 Å². The molecule has 0 saturated heterocycles. The first-order chi connectivity index (χ1) is 9.10. The van der Waals surface area contributed by atoms with E-state index in [4.69, 9.17) is 4.74 Å². The molecule has 0 spiro atoms. The monoisotopic (exact) mass is 271 g/mol. The maximum absolute atomic E-state index is 5.50. The lowest BCUT2D eigenvalue weighted by Crippen LogP contribution is -2.36. The lowest BCUT2D eigenvalue weighted by molar-refractivity contribution is 0.120. The van der Waals surface area contributed by atoms with Crippen LogP contribution in [0.5, 0.6) is 0 Å². The van der Waals surface area contributed by atoms with Gasteiger partial charge in [0.05, 0.1) is 0 Å². The van der Waals surface area contributed by atoms with Crippen molar-refractivity contribution < 1.29 is 4.74 Å². The molecule has 116 valence electrons. The molecule has 0 heterocycles. The average Bonchev–Trinajstić information content (AvgIpc) is 2.40. The summed E-state index contributed by atoms with van der Waals surface area (Å²) in [6.45, 7) is 15.4. The van der Waals surface area contributed by atoms with Crippen molar-refractivity contribution >= 4 is 0 Å². The molecule has 0 aliphatic heterocycles. The fraction of sp³-hybridized carbons (Fsp3) is 1.00. The Labute approximate surface area is 121 Å². The van der Waals surface area contributed by atoms with Crippen LogP contribution in [0.15, 0.2) is 0 Å². The predicted octanol–water partition coefficient (Wildman–Crippen LogP) is 4.64. The van der Waals surface area contributed by atoms with E-state index in [2.05, 4.69) is 39.9 Å². The molecule has 0 aromatic carbocycles. The van der Waals surface area contributed by atoms with Gasteiger partial charge in [-0.2, -0.15) is 0 Å². The van der Waals surface area contributed by atoms with Crippen LogP contribution in [0.3, 0.4) is 0 Å². The highest BCUT2D eigenvalue weighted by atomic mass is 16.5. The van der Waals surface area contributed by atoms with E-state index in [1.165, 1.54) is 45.1 Å². The van der Waals surface area contributed by atoms with Gasteiger partial charge in [0.2, 0.25) is 0 Å². The van der Waals surface area contributed by atoms with Gasteiger partial charge in [-0.25, -0.2) is 0 Å². The maximum Gasteiger partial charge on any atom is 0.0466 e. The second-order valence-corrected chi connectivity index (χ2v) is 6.28. The summed E-state index contributed by atoms with van der Waals surface area (Å²) in [6, 6.07) is 0. The Bertz CT molecular complexity index is 194. The largest absolute Gasteiger partial charge is 0.382 e. The van der Waals surface area contributed by atoms with Crippen LogP contribution < -0.4 is 5.32 Å². The van der Waals surface area contributed by atoms with Gasteiger partial charge in [0, 0.05) is 19.8 Å². The van der Waals surface area contributed by atoms with E-state index in [0.717, 1.165) is 25.7 Å². The molecule has 0 saturated carbocycles. The number of unbranched alkanes of at least 4 members (excludes halogenated alkanes) is 1. The third-order valence-electron chi connectivity index (χ3n) is 4.06. The summed E-state index contributed by atoms with van der Waals surface area (Å²) in [5.41, 5.74) is 0.488. The van der Waals surface area contributed by atoms with Gasteiger partial charge in [0.1, 0.15) is 0 Å². The second-order valence-electron chi connectivity index (χ2n) is 6.28. The topological polar surface area (TPSA) is 21.3 Å². The molecule has 0 rings (SSSR count). The van der Waals surface area contributed by atoms with Crippen molar-refractivity contribution in [2.24, 2.45) is 11.3 Å². The van der Waals surface area contributed by atoms with E-state index in [9.17, 15) is 0 Å². The highest BCUT2D eigenvalue weighted by Crippen LogP contribution is 2.33. The number of ether oxygens (including phenoxy) is 1. The molecule has 0 fully saturated rings. The molecule has 0 radical (unpaired) electrons. The smallest absolute Gasteiger partial charge is 0.0466 e. The Morgan fingerprint density at radius 3 is 2.26 bits per heavy atom. The Morgan fingerprint density at radius 2 is 1.74 bits per heavy atom. The Hall–Kier alpha value is -0.0800. The molecular weight excluding hydrogens is 234 g/mol. The molecule has 0 bridgehead atoms. The molecule has 2 nitrogen and oxygen atoms in total. The fourth-order valence-corrected chi connectivity index (χ4v) is 2.65. The van der Waals surface area contributed by atoms with Gasteiger partial charge in [0.15, 0.2) is 0 Å². The van der Waals surface area contributed by atoms with E-state index in [-0.39, 0.29) is 0 Å². The summed E-state index contributed by atoms with van der Waals surface area (Å²) in [5.74, 6) is 0.740. The summed E-state index contributed by atoms with van der Waals surface area (Å²) < 4.78 is 5.50. The minimum absolute atomic E-state index is 0.488. The molecule has 0 amide bonds. The zero-order chi connectivity index (χ0) is 14.6. The van der Waals surface area contributed by atoms with E-state index in [1.807, 2.05) is 0 Å². The zero-order valence-corrected chi connectivity index (χ0v) is 14.1. The zero-order valence-electron chi connectivity index (χ0n) is 14.1. The molecule has 0 aliphatic carbocycles. The fourth-order valence-electron chi connectivity index (χ4n) is 2.65. The van der Waals surface area contributed by atoms with E-state index >= 15 is 0 Å². The number of nitrogens with one attached hydrogen (secondary N) is 1. The quantitative estimate of drug-likeness (QED) is 0.493. The van der Waals surface area contributed by atoms with Crippen molar-refractivity contribution in [3.05, 3.63) is 0 Å². The Morgan fingerprint density at radius 1 is 1.05 bits per heavy atom. The molecule has 0 aromatic heterocycles. The van der Waals surface area contributed by atoms with Gasteiger partial charge in [0.25, 0.3) is 0 Å². The first-order valence-electron chi connectivity index (χ1n) is 8.38. The van der Waals surface area contributed by atoms with Crippen molar-refractivity contribution in [3.8, 4) is 0 Å². The first-order valence-corrected chi connectivity index (χ1v) is 8.38. The van der Waals surface area contributed by atoms with Crippen LogP contribution >= 0.6 is 0 Å². The third-order valence-corrected chi connectivity index (χ3v) is 4.06. The van der Waals surface area contributed by atoms with Crippen molar-refractivity contribution in [2.45, 2.75) is 73.1 Å². The summed E-state index contributed by atoms with van der Waals surface area (Å²) >= 11 is 0. The van der Waals surface area contributed by atoms with Gasteiger partial charge >= 0.3 is 0 Å². The molecular formula is C17H37NO. The minimum Gasteiger partial charge on any atom is -0.382 e. The van der Waals surface area contributed by atoms with Crippen molar-refractivity contribution in [3.63, 3.8) is 0 Å². The Kier molecular flexibility index (Phi) is 11.7. The molecule has 2 heteroatoms. The normalized spacial score (nSPS) is 14.8. The average molecular weight is 271 g/mol. The maximum atomic E-state index is 5.50. The van der Waals surface area contributed by atoms with Crippen molar-refractivity contribution in [1.82, 2.24) is 5.32 Å². The van der Waals surface area contributed by atoms with Crippen molar-refractivity contribution in [2.75, 3.05) is 26.3 Å². The lowest BCUT2D eigenvalue weighted by Gasteiger charge is -2.34. The van der Waals surface area contributed by atoms with Gasteiger partial charge in [-0.15, -0.1) is 0 Å². The summed E-state index contributed by atoms with van der Waals surface area (Å²) in [4.78, 5) is 0. The van der Waals surface area contributed by atoms with Crippen LogP contribution in [0.1, 0.15) is 73.1 Å². The van der Waals surface area contributed by atoms with Crippen molar-refractivity contribution in [1.29, 1.82) is 0 Å². The van der Waals surface area contributed by atoms with E-state index in [0.29, 0.717) is 5.41 Å². The van der Waals surface area contributed by atoms with Gasteiger partial charge in [-0.3, -0.25) is 0 Å². The molecule has 19 heavy (non-hydrogen) atoms. The van der Waals surface area contributed by atoms with Crippen LogP contribution in [-0.2, 0) is 4.74 Å². The van der Waals surface area contributed by atoms with Gasteiger partial charge in [-0.05, 0) is 50.5 Å². The first kappa shape index (κ1) is 18.9. The van der Waals surface area contributed by atoms with Crippen LogP contribution in [0, 0.1) is 11.3 Å². The second kappa shape index (κ2) is 11.7. The number of hydrogen-bond acceptors (Lipinski definition) is 2. The van der Waals surface area contributed by atoms with Crippen LogP contribution in [0.4, 0.5) is 0 Å². The SMILES string of the molecule is CCCCC(CC)(CCCOCC)CNCC(C)C. The lowest BCUT2D eigenvalue weighted by atomic mass is 9.76. The van der Waals surface area contributed by atoms with Crippen LogP contribution in [0.2, 0.25) is 0 Å². The molecule has 1 unspecified atom stereocenters. The van der Waals surface area contributed by atoms with Crippen LogP contribution in [0.25, 0.3) is 0 Å². The standard InChI is InChI=1S/C17H37NO/c1-6-9-11-17(7-2,12-10-13-19-8-3)15-18-14-16(4)5/h16,18H,6-15H2,1-5H3.